The number of aromatic hydroxyl groups is 1. The van der Waals surface area contributed by atoms with Gasteiger partial charge in [-0.05, 0) is 92.4 Å². The number of carboxylic acid groups (broad SMARTS) is 2. The van der Waals surface area contributed by atoms with Gasteiger partial charge >= 0.3 is 11.9 Å². The van der Waals surface area contributed by atoms with E-state index in [-0.39, 0.29) is 50.8 Å². The number of phenols is 1. The predicted octanol–water partition coefficient (Wildman–Crippen LogP) is -7.49. The van der Waals surface area contributed by atoms with Gasteiger partial charge in [0.25, 0.3) is 0 Å². The van der Waals surface area contributed by atoms with E-state index >= 15 is 0 Å². The fourth-order valence-corrected chi connectivity index (χ4v) is 12.9. The van der Waals surface area contributed by atoms with Gasteiger partial charge in [0.15, 0.2) is 0 Å². The number of aliphatic hydroxyl groups excluding tert-OH is 1. The van der Waals surface area contributed by atoms with Crippen LogP contribution in [0.5, 0.6) is 5.75 Å². The molecular formula is C76H105N21O23S2. The van der Waals surface area contributed by atoms with Gasteiger partial charge in [0, 0.05) is 71.4 Å². The lowest BCUT2D eigenvalue weighted by Crippen LogP contribution is -2.62. The van der Waals surface area contributed by atoms with Crippen molar-refractivity contribution in [2.24, 2.45) is 40.3 Å². The molecule has 0 aliphatic carbocycles. The number of nitrogens with two attached hydrogens (primary N) is 6. The quantitative estimate of drug-likeness (QED) is 0.0127. The van der Waals surface area contributed by atoms with Crippen LogP contribution in [0.1, 0.15) is 102 Å². The second-order valence-corrected chi connectivity index (χ2v) is 29.7. The van der Waals surface area contributed by atoms with Gasteiger partial charge in [0.05, 0.1) is 44.4 Å². The zero-order chi connectivity index (χ0) is 90.8. The summed E-state index contributed by atoms with van der Waals surface area (Å²) in [6.45, 7) is 3.56. The molecule has 0 bridgehead atoms. The molecule has 0 fully saturated rings. The number of H-pyrrole nitrogens is 2. The molecule has 3 aromatic carbocycles. The maximum atomic E-state index is 14.6. The molecule has 0 unspecified atom stereocenters. The molecule has 0 aliphatic rings. The van der Waals surface area contributed by atoms with Crippen molar-refractivity contribution in [3.8, 4) is 5.75 Å². The Labute approximate surface area is 708 Å². The molecule has 14 atom stereocenters. The number of thiol groups is 2. The summed E-state index contributed by atoms with van der Waals surface area (Å²) in [5.74, 6) is -24.1. The lowest BCUT2D eigenvalue weighted by Gasteiger charge is -2.28. The van der Waals surface area contributed by atoms with Crippen LogP contribution >= 0.6 is 25.3 Å². The summed E-state index contributed by atoms with van der Waals surface area (Å²) in [5.41, 5.74) is 35.4. The number of phenolic OH excluding ortho intramolecular Hbond substituents is 1. The Morgan fingerprint density at radius 1 is 0.418 bits per heavy atom. The van der Waals surface area contributed by atoms with E-state index in [0.717, 1.165) is 6.92 Å². The van der Waals surface area contributed by atoms with Crippen molar-refractivity contribution in [1.82, 2.24) is 79.1 Å². The van der Waals surface area contributed by atoms with E-state index in [9.17, 15) is 112 Å². The minimum absolute atomic E-state index is 0.108. The Kier molecular flexibility index (Phi) is 40.0. The molecule has 17 amide bonds. The number of primary amides is 4. The molecule has 46 heteroatoms. The summed E-state index contributed by atoms with van der Waals surface area (Å²) in [5, 5.41) is 72.3. The molecular weight excluding hydrogens is 1640 g/mol. The fourth-order valence-electron chi connectivity index (χ4n) is 12.4. The van der Waals surface area contributed by atoms with Crippen LogP contribution in [0.2, 0.25) is 0 Å². The van der Waals surface area contributed by atoms with E-state index in [1.165, 1.54) is 30.5 Å². The number of para-hydroxylation sites is 2. The second kappa shape index (κ2) is 48.9. The van der Waals surface area contributed by atoms with E-state index in [1.807, 2.05) is 0 Å². The van der Waals surface area contributed by atoms with E-state index in [4.69, 9.17) is 34.4 Å². The molecule has 122 heavy (non-hydrogen) atoms. The molecule has 0 saturated carbocycles. The zero-order valence-corrected chi connectivity index (χ0v) is 68.5. The minimum Gasteiger partial charge on any atom is -0.508 e. The number of carbonyl (C=O) groups excluding carboxylic acids is 17. The average Bonchev–Trinajstić information content (AvgIpc) is 1.67. The van der Waals surface area contributed by atoms with E-state index < -0.39 is 260 Å². The van der Waals surface area contributed by atoms with Crippen LogP contribution in [-0.4, -0.2) is 252 Å². The standard InChI is InChI=1S/C76H105N21O23S2/c1-35(2)22-48(67(110)92-54(29-60(82)103)72(115)95-55(33-121)73(116)94-53(28-59(81)102)71(114)93-52(27-58(80)101)70(113)88-47(76(119)120)14-8-9-21-77)86-61(104)32-85-65(108)50(24-38-30-83-44-12-6-4-10-41(38)44)90-66(109)46(19-20-62(105)106)87-75(118)63(36(3)98)97-74(117)56(34-122)96-69(112)51(25-39-31-84-45-13-7-5-11-42(39)45)91-68(111)49(23-37-15-17-40(99)18-16-37)89-64(107)43(78)26-57(79)100/h4-7,10-13,15-18,30-31,35-36,43,46-56,63,83-84,98-99,121-122H,8-9,14,19-29,32-34,77-78H2,1-3H3,(H2,79,100)(H2,80,101)(H2,81,102)(H2,82,103)(H,85,108)(H,86,104)(H,87,118)(H,88,113)(H,89,107)(H,90,109)(H,91,111)(H,92,110)(H,93,114)(H,94,116)(H,95,115)(H,96,112)(H,97,117)(H,105,106)(H,119,120)/t36-,43+,46+,47+,48+,49+,50+,51+,52+,53+,54+,55+,56+,63+/m1/s1. The molecule has 0 aliphatic heterocycles. The minimum atomic E-state index is -2.02. The smallest absolute Gasteiger partial charge is 0.326 e. The van der Waals surface area contributed by atoms with Crippen molar-refractivity contribution in [3.05, 3.63) is 102 Å². The number of aliphatic carboxylic acids is 2. The first-order valence-corrected chi connectivity index (χ1v) is 39.6. The zero-order valence-electron chi connectivity index (χ0n) is 66.7. The molecule has 31 N–H and O–H groups in total. The van der Waals surface area contributed by atoms with Crippen molar-refractivity contribution >= 4 is 159 Å². The van der Waals surface area contributed by atoms with Crippen LogP contribution in [0.25, 0.3) is 21.8 Å². The highest BCUT2D eigenvalue weighted by molar-refractivity contribution is 7.80. The summed E-state index contributed by atoms with van der Waals surface area (Å²) in [6, 6.07) is -3.43. The highest BCUT2D eigenvalue weighted by atomic mass is 32.1. The Morgan fingerprint density at radius 2 is 0.803 bits per heavy atom. The Balaban J connectivity index is 1.34. The topological polar surface area (TPSA) is 749 Å². The van der Waals surface area contributed by atoms with E-state index in [2.05, 4.69) is 104 Å². The molecule has 0 saturated heterocycles. The van der Waals surface area contributed by atoms with Crippen molar-refractivity contribution in [2.45, 2.75) is 189 Å². The highest BCUT2D eigenvalue weighted by Crippen LogP contribution is 2.22. The molecule has 5 rings (SSSR count). The van der Waals surface area contributed by atoms with Crippen molar-refractivity contribution < 1.29 is 112 Å². The average molecular weight is 1740 g/mol. The summed E-state index contributed by atoms with van der Waals surface area (Å²) < 4.78 is 0. The van der Waals surface area contributed by atoms with Crippen LogP contribution in [0.3, 0.4) is 0 Å². The van der Waals surface area contributed by atoms with Crippen LogP contribution in [0, 0.1) is 5.92 Å². The van der Waals surface area contributed by atoms with Crippen molar-refractivity contribution in [2.75, 3.05) is 24.6 Å². The first-order valence-electron chi connectivity index (χ1n) is 38.3. The number of aromatic amines is 2. The number of aliphatic hydroxyl groups is 1. The number of hydrogen-bond donors (Lipinski definition) is 27. The largest absolute Gasteiger partial charge is 0.508 e. The van der Waals surface area contributed by atoms with Gasteiger partial charge in [-0.1, -0.05) is 62.4 Å². The van der Waals surface area contributed by atoms with E-state index in [0.29, 0.717) is 44.9 Å². The SMILES string of the molecule is CC(C)C[C@H](NC(=O)CNC(=O)[C@H](Cc1c[nH]c2ccccc12)NC(=O)[C@H](CCC(=O)O)NC(=O)[C@@H](NC(=O)[C@H](CS)NC(=O)[C@H](Cc1c[nH]c2ccccc12)NC(=O)[C@H](Cc1ccc(O)cc1)NC(=O)[C@@H](N)CC(N)=O)[C@@H](C)O)C(=O)N[C@@H](CC(N)=O)C(=O)N[C@@H](CS)C(=O)N[C@@H](CC(N)=O)C(=O)N[C@@H](CC(N)=O)C(=O)N[C@@H](CCCCN)C(=O)O. The molecule has 2 aromatic heterocycles. The third kappa shape index (κ3) is 32.6. The third-order valence-corrected chi connectivity index (χ3v) is 19.4. The van der Waals surface area contributed by atoms with Gasteiger partial charge in [-0.15, -0.1) is 0 Å². The van der Waals surface area contributed by atoms with Crippen LogP contribution in [-0.2, 0) is 110 Å². The summed E-state index contributed by atoms with van der Waals surface area (Å²) >= 11 is 8.39. The molecule has 0 radical (unpaired) electrons. The number of benzene rings is 3. The number of unbranched alkanes of at least 4 members (excludes halogenated alkanes) is 1. The van der Waals surface area contributed by atoms with Gasteiger partial charge in [0.1, 0.15) is 78.3 Å². The number of carboxylic acids is 2. The summed E-state index contributed by atoms with van der Waals surface area (Å²) in [4.78, 5) is 262. The monoisotopic (exact) mass is 1740 g/mol. The Morgan fingerprint density at radius 3 is 1.24 bits per heavy atom. The number of fused-ring (bicyclic) bond motifs is 2. The van der Waals surface area contributed by atoms with Crippen molar-refractivity contribution in [3.63, 3.8) is 0 Å². The van der Waals surface area contributed by atoms with Gasteiger partial charge in [-0.2, -0.15) is 25.3 Å². The number of nitrogens with one attached hydrogen (secondary N) is 15. The van der Waals surface area contributed by atoms with E-state index in [1.54, 1.807) is 68.6 Å². The molecule has 2 heterocycles. The Bertz CT molecular complexity index is 4600. The third-order valence-electron chi connectivity index (χ3n) is 18.7. The lowest BCUT2D eigenvalue weighted by atomic mass is 10.0. The number of amides is 17. The van der Waals surface area contributed by atoms with Crippen LogP contribution in [0.4, 0.5) is 0 Å². The predicted molar refractivity (Wildman–Crippen MR) is 441 cm³/mol. The second-order valence-electron chi connectivity index (χ2n) is 29.0. The number of aromatic nitrogens is 2. The number of carbonyl (C=O) groups is 19. The van der Waals surface area contributed by atoms with Crippen LogP contribution < -0.4 is 104 Å². The first kappa shape index (κ1) is 99.6. The molecule has 5 aromatic rings. The number of hydrogen-bond acceptors (Lipinski definition) is 25. The lowest BCUT2D eigenvalue weighted by molar-refractivity contribution is -0.143. The highest BCUT2D eigenvalue weighted by Gasteiger charge is 2.39. The number of rotatable bonds is 53. The van der Waals surface area contributed by atoms with Gasteiger partial charge in [0.2, 0.25) is 100 Å². The first-order chi connectivity index (χ1) is 57.6. The van der Waals surface area contributed by atoms with Crippen LogP contribution in [0.15, 0.2) is 85.2 Å². The maximum absolute atomic E-state index is 14.6. The fraction of sp³-hybridized carbons (Fsp3) is 0.461. The molecule has 664 valence electrons. The van der Waals surface area contributed by atoms with Gasteiger partial charge in [-0.25, -0.2) is 4.79 Å². The summed E-state index contributed by atoms with van der Waals surface area (Å²) in [7, 11) is 0. The van der Waals surface area contributed by atoms with Crippen molar-refractivity contribution in [1.29, 1.82) is 0 Å². The molecule has 0 spiro atoms. The summed E-state index contributed by atoms with van der Waals surface area (Å²) in [6.07, 6.45) is -4.30. The van der Waals surface area contributed by atoms with Gasteiger partial charge in [-0.3, -0.25) is 86.3 Å². The Hall–Kier alpha value is -12.9. The maximum Gasteiger partial charge on any atom is 0.326 e. The normalized spacial score (nSPS) is 14.6. The van der Waals surface area contributed by atoms with Gasteiger partial charge < -0.3 is 134 Å². The molecule has 44 nitrogen and oxygen atoms in total.